The van der Waals surface area contributed by atoms with Crippen LogP contribution in [0.3, 0.4) is 0 Å². The summed E-state index contributed by atoms with van der Waals surface area (Å²) in [5.41, 5.74) is 2.42. The van der Waals surface area contributed by atoms with Crippen molar-refractivity contribution >= 4 is 16.9 Å². The first-order valence-corrected chi connectivity index (χ1v) is 8.95. The van der Waals surface area contributed by atoms with E-state index >= 15 is 0 Å². The van der Waals surface area contributed by atoms with E-state index in [4.69, 9.17) is 14.0 Å². The Morgan fingerprint density at radius 2 is 2.03 bits per heavy atom. The number of benzene rings is 1. The molecule has 1 atom stereocenters. The lowest BCUT2D eigenvalue weighted by molar-refractivity contribution is 0.0264. The maximum absolute atomic E-state index is 12.7. The molecule has 1 aromatic carbocycles. The predicted octanol–water partition coefficient (Wildman–Crippen LogP) is 3.91. The van der Waals surface area contributed by atoms with Gasteiger partial charge < -0.3 is 14.0 Å². The summed E-state index contributed by atoms with van der Waals surface area (Å²) >= 11 is 0. The summed E-state index contributed by atoms with van der Waals surface area (Å²) in [6, 6.07) is 10.8. The Labute approximate surface area is 166 Å². The van der Waals surface area contributed by atoms with Crippen LogP contribution in [0.5, 0.6) is 5.75 Å². The molecule has 0 amide bonds. The third kappa shape index (κ3) is 3.77. The minimum atomic E-state index is -0.721. The van der Waals surface area contributed by atoms with Crippen molar-refractivity contribution in [1.82, 2.24) is 20.1 Å². The number of hydrogen-bond acceptors (Lipinski definition) is 8. The van der Waals surface area contributed by atoms with Crippen molar-refractivity contribution in [2.75, 3.05) is 7.11 Å². The van der Waals surface area contributed by atoms with Gasteiger partial charge in [-0.1, -0.05) is 5.16 Å². The zero-order chi connectivity index (χ0) is 20.4. The Kier molecular flexibility index (Phi) is 4.90. The molecular weight excluding hydrogens is 372 g/mol. The maximum Gasteiger partial charge on any atom is 0.340 e. The van der Waals surface area contributed by atoms with Crippen molar-refractivity contribution in [2.24, 2.45) is 0 Å². The topological polar surface area (TPSA) is 100 Å². The molecule has 4 aromatic rings. The summed E-state index contributed by atoms with van der Waals surface area (Å²) in [5, 5.41) is 4.70. The summed E-state index contributed by atoms with van der Waals surface area (Å²) in [6.45, 7) is 3.43. The lowest BCUT2D eigenvalue weighted by atomic mass is 10.1. The van der Waals surface area contributed by atoms with Gasteiger partial charge in [-0.25, -0.2) is 4.79 Å². The summed E-state index contributed by atoms with van der Waals surface area (Å²) in [6.07, 6.45) is 2.56. The molecule has 0 saturated carbocycles. The molecule has 8 nitrogen and oxygen atoms in total. The first-order chi connectivity index (χ1) is 14.0. The SMILES string of the molecule is COc1ccc2nc(C)c(C(=O)OC(C)c3nc(-c4cccnc4)no3)cc2c1. The molecule has 1 unspecified atom stereocenters. The highest BCUT2D eigenvalue weighted by molar-refractivity contribution is 5.95. The van der Waals surface area contributed by atoms with Crippen molar-refractivity contribution in [3.8, 4) is 17.1 Å². The van der Waals surface area contributed by atoms with Crippen molar-refractivity contribution in [2.45, 2.75) is 20.0 Å². The molecule has 4 rings (SSSR count). The number of aromatic nitrogens is 4. The minimum absolute atomic E-state index is 0.199. The monoisotopic (exact) mass is 390 g/mol. The number of nitrogens with zero attached hydrogens (tertiary/aromatic N) is 4. The van der Waals surface area contributed by atoms with Gasteiger partial charge in [-0.15, -0.1) is 0 Å². The minimum Gasteiger partial charge on any atom is -0.497 e. The third-order valence-electron chi connectivity index (χ3n) is 4.43. The van der Waals surface area contributed by atoms with Gasteiger partial charge in [0.2, 0.25) is 5.82 Å². The van der Waals surface area contributed by atoms with Gasteiger partial charge in [-0.3, -0.25) is 9.97 Å². The van der Waals surface area contributed by atoms with Gasteiger partial charge in [0.1, 0.15) is 5.75 Å². The van der Waals surface area contributed by atoms with Crippen molar-refractivity contribution < 1.29 is 18.8 Å². The number of methoxy groups -OCH3 is 1. The summed E-state index contributed by atoms with van der Waals surface area (Å²) in [5.74, 6) is 0.745. The Bertz CT molecular complexity index is 1170. The zero-order valence-corrected chi connectivity index (χ0v) is 16.1. The first kappa shape index (κ1) is 18.5. The molecule has 0 saturated heterocycles. The molecule has 29 heavy (non-hydrogen) atoms. The second-order valence-electron chi connectivity index (χ2n) is 6.43. The van der Waals surface area contributed by atoms with Crippen molar-refractivity contribution in [3.63, 3.8) is 0 Å². The fraction of sp³-hybridized carbons (Fsp3) is 0.190. The predicted molar refractivity (Wildman–Crippen MR) is 104 cm³/mol. The highest BCUT2D eigenvalue weighted by Gasteiger charge is 2.22. The molecule has 8 heteroatoms. The fourth-order valence-corrected chi connectivity index (χ4v) is 2.87. The van der Waals surface area contributed by atoms with E-state index in [0.29, 0.717) is 28.4 Å². The highest BCUT2D eigenvalue weighted by atomic mass is 16.6. The molecular formula is C21H18N4O4. The molecule has 0 fully saturated rings. The van der Waals surface area contributed by atoms with Crippen LogP contribution in [0, 0.1) is 6.92 Å². The van der Waals surface area contributed by atoms with E-state index < -0.39 is 12.1 Å². The van der Waals surface area contributed by atoms with E-state index in [9.17, 15) is 4.79 Å². The fourth-order valence-electron chi connectivity index (χ4n) is 2.87. The average Bonchev–Trinajstić information content (AvgIpc) is 3.24. The quantitative estimate of drug-likeness (QED) is 0.473. The Balaban J connectivity index is 1.56. The van der Waals surface area contributed by atoms with E-state index in [0.717, 1.165) is 10.9 Å². The van der Waals surface area contributed by atoms with Gasteiger partial charge >= 0.3 is 5.97 Å². The smallest absolute Gasteiger partial charge is 0.340 e. The largest absolute Gasteiger partial charge is 0.497 e. The van der Waals surface area contributed by atoms with Crippen molar-refractivity contribution in [1.29, 1.82) is 0 Å². The summed E-state index contributed by atoms with van der Waals surface area (Å²) in [7, 11) is 1.59. The van der Waals surface area contributed by atoms with Gasteiger partial charge in [-0.2, -0.15) is 4.98 Å². The number of esters is 1. The van der Waals surface area contributed by atoms with Gasteiger partial charge in [0.05, 0.1) is 23.9 Å². The van der Waals surface area contributed by atoms with E-state index in [1.54, 1.807) is 45.5 Å². The molecule has 3 heterocycles. The van der Waals surface area contributed by atoms with Crippen LogP contribution in [0.2, 0.25) is 0 Å². The molecule has 0 spiro atoms. The second-order valence-corrected chi connectivity index (χ2v) is 6.43. The lowest BCUT2D eigenvalue weighted by Gasteiger charge is -2.11. The molecule has 0 bridgehead atoms. The van der Waals surface area contributed by atoms with Crippen molar-refractivity contribution in [3.05, 3.63) is 65.9 Å². The van der Waals surface area contributed by atoms with Crippen LogP contribution < -0.4 is 4.74 Å². The number of carbonyl (C=O) groups excluding carboxylic acids is 1. The molecule has 146 valence electrons. The standard InChI is InChI=1S/C21H18N4O4/c1-12-17(10-15-9-16(27-3)6-7-18(15)23-12)21(26)28-13(2)20-24-19(25-29-20)14-5-4-8-22-11-14/h4-11,13H,1-3H3. The number of carbonyl (C=O) groups is 1. The Hall–Kier alpha value is -3.81. The van der Waals surface area contributed by atoms with Crippen LogP contribution in [-0.4, -0.2) is 33.2 Å². The highest BCUT2D eigenvalue weighted by Crippen LogP contribution is 2.25. The first-order valence-electron chi connectivity index (χ1n) is 8.95. The number of aryl methyl sites for hydroxylation is 1. The number of rotatable bonds is 5. The van der Waals surface area contributed by atoms with Crippen LogP contribution in [0.25, 0.3) is 22.3 Å². The zero-order valence-electron chi connectivity index (χ0n) is 16.1. The Morgan fingerprint density at radius 3 is 2.79 bits per heavy atom. The van der Waals surface area contributed by atoms with Gasteiger partial charge in [0.15, 0.2) is 6.10 Å². The van der Waals surface area contributed by atoms with Crippen LogP contribution in [-0.2, 0) is 4.74 Å². The number of pyridine rings is 2. The molecule has 0 aliphatic heterocycles. The van der Waals surface area contributed by atoms with E-state index in [1.807, 2.05) is 24.3 Å². The normalized spacial score (nSPS) is 12.0. The molecule has 0 aliphatic carbocycles. The molecule has 0 aliphatic rings. The lowest BCUT2D eigenvalue weighted by Crippen LogP contribution is -2.12. The van der Waals surface area contributed by atoms with Crippen LogP contribution >= 0.6 is 0 Å². The van der Waals surface area contributed by atoms with Gasteiger partial charge in [0.25, 0.3) is 5.89 Å². The second kappa shape index (κ2) is 7.67. The van der Waals surface area contributed by atoms with E-state index in [2.05, 4.69) is 20.1 Å². The third-order valence-corrected chi connectivity index (χ3v) is 4.43. The number of ether oxygens (including phenoxy) is 2. The summed E-state index contributed by atoms with van der Waals surface area (Å²) in [4.78, 5) is 25.5. The van der Waals surface area contributed by atoms with Gasteiger partial charge in [0, 0.05) is 23.3 Å². The number of hydrogen-bond donors (Lipinski definition) is 0. The van der Waals surface area contributed by atoms with Crippen LogP contribution in [0.4, 0.5) is 0 Å². The Morgan fingerprint density at radius 1 is 1.17 bits per heavy atom. The average molecular weight is 390 g/mol. The maximum atomic E-state index is 12.7. The van der Waals surface area contributed by atoms with Crippen LogP contribution in [0.1, 0.15) is 35.0 Å². The van der Waals surface area contributed by atoms with Gasteiger partial charge in [-0.05, 0) is 50.2 Å². The van der Waals surface area contributed by atoms with Crippen LogP contribution in [0.15, 0.2) is 53.3 Å². The van der Waals surface area contributed by atoms with E-state index in [1.165, 1.54) is 0 Å². The number of fused-ring (bicyclic) bond motifs is 1. The molecule has 0 radical (unpaired) electrons. The van der Waals surface area contributed by atoms with E-state index in [-0.39, 0.29) is 5.89 Å². The molecule has 0 N–H and O–H groups in total. The summed E-state index contributed by atoms with van der Waals surface area (Å²) < 4.78 is 16.0. The molecule has 3 aromatic heterocycles.